The van der Waals surface area contributed by atoms with Gasteiger partial charge in [0.15, 0.2) is 0 Å². The third kappa shape index (κ3) is 5.75. The molecule has 1 amide bonds. The molecule has 1 aromatic heterocycles. The molecule has 0 spiro atoms. The van der Waals surface area contributed by atoms with Gasteiger partial charge in [0, 0.05) is 12.2 Å². The lowest BCUT2D eigenvalue weighted by atomic mass is 10.2. The van der Waals surface area contributed by atoms with E-state index in [1.807, 2.05) is 0 Å². The van der Waals surface area contributed by atoms with Crippen LogP contribution in [-0.4, -0.2) is 21.9 Å². The minimum absolute atomic E-state index is 0.132. The second-order valence-electron chi connectivity index (χ2n) is 6.03. The van der Waals surface area contributed by atoms with Crippen molar-refractivity contribution in [3.05, 3.63) is 77.4 Å². The summed E-state index contributed by atoms with van der Waals surface area (Å²) in [7, 11) is 0. The maximum Gasteiger partial charge on any atom is 0.234 e. The fourth-order valence-corrected chi connectivity index (χ4v) is 2.95. The second kappa shape index (κ2) is 9.27. The molecule has 0 aliphatic rings. The Bertz CT molecular complexity index is 949. The van der Waals surface area contributed by atoms with Crippen LogP contribution < -0.4 is 10.6 Å². The van der Waals surface area contributed by atoms with Crippen LogP contribution in [0.4, 0.5) is 20.3 Å². The van der Waals surface area contributed by atoms with Crippen molar-refractivity contribution in [2.75, 3.05) is 16.4 Å². The molecule has 1 heterocycles. The molecule has 0 bridgehead atoms. The van der Waals surface area contributed by atoms with Gasteiger partial charge in [-0.05, 0) is 54.4 Å². The Balaban J connectivity index is 1.48. The molecule has 2 N–H and O–H groups in total. The number of aryl methyl sites for hydroxylation is 1. The van der Waals surface area contributed by atoms with Gasteiger partial charge >= 0.3 is 0 Å². The maximum atomic E-state index is 13.3. The van der Waals surface area contributed by atoms with Crippen LogP contribution in [0.15, 0.2) is 59.6 Å². The Kier molecular flexibility index (Phi) is 6.54. The zero-order valence-corrected chi connectivity index (χ0v) is 15.9. The Morgan fingerprint density at radius 3 is 2.46 bits per heavy atom. The number of thioether (sulfide) groups is 1. The van der Waals surface area contributed by atoms with Gasteiger partial charge in [-0.2, -0.15) is 0 Å². The predicted octanol–water partition coefficient (Wildman–Crippen LogP) is 4.41. The van der Waals surface area contributed by atoms with E-state index in [0.717, 1.165) is 11.1 Å². The summed E-state index contributed by atoms with van der Waals surface area (Å²) in [4.78, 5) is 12.1. The molecule has 0 aliphatic carbocycles. The highest BCUT2D eigenvalue weighted by Crippen LogP contribution is 2.19. The lowest BCUT2D eigenvalue weighted by molar-refractivity contribution is -0.113. The molecule has 5 nitrogen and oxygen atoms in total. The van der Waals surface area contributed by atoms with Crippen molar-refractivity contribution in [3.8, 4) is 0 Å². The van der Waals surface area contributed by atoms with E-state index < -0.39 is 5.82 Å². The Labute approximate surface area is 165 Å². The lowest BCUT2D eigenvalue weighted by Gasteiger charge is -2.08. The molecule has 0 saturated carbocycles. The number of nitrogens with zero attached hydrogens (tertiary/aromatic N) is 2. The summed E-state index contributed by atoms with van der Waals surface area (Å²) >= 11 is 1.23. The van der Waals surface area contributed by atoms with Crippen LogP contribution in [0.3, 0.4) is 0 Å². The molecule has 0 unspecified atom stereocenters. The molecule has 28 heavy (non-hydrogen) atoms. The number of hydrogen-bond acceptors (Lipinski definition) is 5. The maximum absolute atomic E-state index is 13.3. The van der Waals surface area contributed by atoms with Crippen LogP contribution >= 0.6 is 11.8 Å². The van der Waals surface area contributed by atoms with Gasteiger partial charge in [0.25, 0.3) is 0 Å². The Hall–Kier alpha value is -3.00. The first kappa shape index (κ1) is 19.8. The van der Waals surface area contributed by atoms with Gasteiger partial charge in [0.1, 0.15) is 22.5 Å². The zero-order chi connectivity index (χ0) is 19.9. The highest BCUT2D eigenvalue weighted by atomic mass is 32.2. The van der Waals surface area contributed by atoms with Crippen molar-refractivity contribution in [2.45, 2.75) is 18.5 Å². The fraction of sp³-hybridized carbons (Fsp3) is 0.150. The quantitative estimate of drug-likeness (QED) is 0.575. The van der Waals surface area contributed by atoms with Gasteiger partial charge in [0.05, 0.1) is 5.75 Å². The van der Waals surface area contributed by atoms with Crippen LogP contribution in [0, 0.1) is 18.6 Å². The van der Waals surface area contributed by atoms with E-state index in [0.29, 0.717) is 23.1 Å². The van der Waals surface area contributed by atoms with Crippen molar-refractivity contribution < 1.29 is 13.6 Å². The SMILES string of the molecule is Cc1ccc(F)cc1NC(=O)CSc1ccc(NCc2ccc(F)cc2)nn1. The average Bonchev–Trinajstić information content (AvgIpc) is 2.69. The number of amides is 1. The number of carbonyl (C=O) groups is 1. The number of halogens is 2. The molecule has 0 saturated heterocycles. The number of hydrogen-bond donors (Lipinski definition) is 2. The monoisotopic (exact) mass is 400 g/mol. The Morgan fingerprint density at radius 2 is 1.75 bits per heavy atom. The standard InChI is InChI=1S/C20H18F2N4OS/c1-13-2-5-16(22)10-17(13)24-19(27)12-28-20-9-8-18(25-26-20)23-11-14-3-6-15(21)7-4-14/h2-10H,11-12H2,1H3,(H,23,25)(H,24,27). The zero-order valence-electron chi connectivity index (χ0n) is 15.1. The topological polar surface area (TPSA) is 66.9 Å². The van der Waals surface area contributed by atoms with E-state index in [1.165, 1.54) is 36.0 Å². The first-order valence-electron chi connectivity index (χ1n) is 8.50. The van der Waals surface area contributed by atoms with E-state index in [4.69, 9.17) is 0 Å². The third-order valence-corrected chi connectivity index (χ3v) is 4.77. The molecule has 0 fully saturated rings. The first-order chi connectivity index (χ1) is 13.5. The van der Waals surface area contributed by atoms with Gasteiger partial charge in [-0.25, -0.2) is 8.78 Å². The molecule has 2 aromatic carbocycles. The van der Waals surface area contributed by atoms with Crippen molar-refractivity contribution >= 4 is 29.2 Å². The number of nitrogens with one attached hydrogen (secondary N) is 2. The predicted molar refractivity (Wildman–Crippen MR) is 106 cm³/mol. The Morgan fingerprint density at radius 1 is 1.00 bits per heavy atom. The molecule has 3 aromatic rings. The summed E-state index contributed by atoms with van der Waals surface area (Å²) in [6.45, 7) is 2.29. The molecule has 8 heteroatoms. The highest BCUT2D eigenvalue weighted by Gasteiger charge is 2.08. The highest BCUT2D eigenvalue weighted by molar-refractivity contribution is 7.99. The van der Waals surface area contributed by atoms with Gasteiger partial charge in [-0.3, -0.25) is 4.79 Å². The summed E-state index contributed by atoms with van der Waals surface area (Å²) in [5.74, 6) is -0.218. The van der Waals surface area contributed by atoms with Crippen LogP contribution in [0.5, 0.6) is 0 Å². The number of anilines is 2. The van der Waals surface area contributed by atoms with Crippen molar-refractivity contribution in [1.82, 2.24) is 10.2 Å². The summed E-state index contributed by atoms with van der Waals surface area (Å²) in [5, 5.41) is 14.5. The summed E-state index contributed by atoms with van der Waals surface area (Å²) in [6, 6.07) is 14.0. The first-order valence-corrected chi connectivity index (χ1v) is 9.49. The van der Waals surface area contributed by atoms with E-state index >= 15 is 0 Å². The van der Waals surface area contributed by atoms with Gasteiger partial charge in [-0.1, -0.05) is 30.0 Å². The third-order valence-electron chi connectivity index (χ3n) is 3.85. The fourth-order valence-electron chi connectivity index (χ4n) is 2.34. The summed E-state index contributed by atoms with van der Waals surface area (Å²) in [5.41, 5.74) is 2.17. The van der Waals surface area contributed by atoms with Crippen LogP contribution in [-0.2, 0) is 11.3 Å². The molecular formula is C20H18F2N4OS. The second-order valence-corrected chi connectivity index (χ2v) is 7.03. The van der Waals surface area contributed by atoms with E-state index in [2.05, 4.69) is 20.8 Å². The lowest BCUT2D eigenvalue weighted by Crippen LogP contribution is -2.15. The van der Waals surface area contributed by atoms with Crippen LogP contribution in [0.1, 0.15) is 11.1 Å². The van der Waals surface area contributed by atoms with Crippen LogP contribution in [0.25, 0.3) is 0 Å². The van der Waals surface area contributed by atoms with E-state index in [-0.39, 0.29) is 17.5 Å². The van der Waals surface area contributed by atoms with Gasteiger partial charge < -0.3 is 10.6 Å². The van der Waals surface area contributed by atoms with Gasteiger partial charge in [-0.15, -0.1) is 10.2 Å². The molecule has 3 rings (SSSR count). The van der Waals surface area contributed by atoms with Crippen molar-refractivity contribution in [3.63, 3.8) is 0 Å². The number of rotatable bonds is 7. The number of benzene rings is 2. The van der Waals surface area contributed by atoms with E-state index in [9.17, 15) is 13.6 Å². The largest absolute Gasteiger partial charge is 0.365 e. The number of aromatic nitrogens is 2. The molecule has 0 aliphatic heterocycles. The van der Waals surface area contributed by atoms with Gasteiger partial charge in [0.2, 0.25) is 5.91 Å². The summed E-state index contributed by atoms with van der Waals surface area (Å²) in [6.07, 6.45) is 0. The summed E-state index contributed by atoms with van der Waals surface area (Å²) < 4.78 is 26.2. The minimum Gasteiger partial charge on any atom is -0.365 e. The van der Waals surface area contributed by atoms with E-state index in [1.54, 1.807) is 37.3 Å². The smallest absolute Gasteiger partial charge is 0.234 e. The minimum atomic E-state index is -0.400. The van der Waals surface area contributed by atoms with Crippen molar-refractivity contribution in [1.29, 1.82) is 0 Å². The number of carbonyl (C=O) groups excluding carboxylic acids is 1. The normalized spacial score (nSPS) is 10.5. The molecule has 0 atom stereocenters. The molecular weight excluding hydrogens is 382 g/mol. The molecule has 144 valence electrons. The average molecular weight is 400 g/mol. The van der Waals surface area contributed by atoms with Crippen LogP contribution in [0.2, 0.25) is 0 Å². The van der Waals surface area contributed by atoms with Crippen molar-refractivity contribution in [2.24, 2.45) is 0 Å². The molecule has 0 radical (unpaired) electrons.